The molecular formula is C28H35ClN2O6S2. The van der Waals surface area contributed by atoms with E-state index in [1.807, 2.05) is 37.3 Å². The first-order valence-electron chi connectivity index (χ1n) is 12.5. The second-order valence-electron chi connectivity index (χ2n) is 8.91. The Kier molecular flexibility index (Phi) is 11.6. The summed E-state index contributed by atoms with van der Waals surface area (Å²) in [6.07, 6.45) is 1.01. The van der Waals surface area contributed by atoms with Gasteiger partial charge in [-0.3, -0.25) is 4.79 Å². The molecule has 39 heavy (non-hydrogen) atoms. The lowest BCUT2D eigenvalue weighted by Crippen LogP contribution is -2.43. The molecule has 1 heterocycles. The Hall–Kier alpha value is -2.63. The Morgan fingerprint density at radius 1 is 0.949 bits per heavy atom. The third-order valence-corrected chi connectivity index (χ3v) is 9.23. The highest BCUT2D eigenvalue weighted by atomic mass is 35.5. The van der Waals surface area contributed by atoms with Crippen molar-refractivity contribution in [2.75, 3.05) is 47.6 Å². The molecule has 1 aromatic heterocycles. The van der Waals surface area contributed by atoms with Crippen molar-refractivity contribution in [2.45, 2.75) is 31.2 Å². The summed E-state index contributed by atoms with van der Waals surface area (Å²) in [6.45, 7) is 3.03. The Balaban J connectivity index is 1.84. The number of hydrogen-bond acceptors (Lipinski definition) is 7. The molecule has 11 heteroatoms. The molecule has 0 saturated heterocycles. The van der Waals surface area contributed by atoms with Crippen LogP contribution in [0.1, 0.15) is 21.7 Å². The third kappa shape index (κ3) is 8.68. The number of hydrogen-bond donors (Lipinski definition) is 0. The van der Waals surface area contributed by atoms with Crippen LogP contribution in [0.25, 0.3) is 0 Å². The van der Waals surface area contributed by atoms with Crippen molar-refractivity contribution in [3.8, 4) is 11.5 Å². The van der Waals surface area contributed by atoms with Gasteiger partial charge in [0, 0.05) is 41.6 Å². The van der Waals surface area contributed by atoms with Crippen LogP contribution >= 0.6 is 22.9 Å². The van der Waals surface area contributed by atoms with Crippen molar-refractivity contribution in [2.24, 2.45) is 0 Å². The Morgan fingerprint density at radius 2 is 1.67 bits per heavy atom. The van der Waals surface area contributed by atoms with E-state index in [1.165, 1.54) is 28.6 Å². The summed E-state index contributed by atoms with van der Waals surface area (Å²) < 4.78 is 44.1. The normalized spacial score (nSPS) is 11.5. The summed E-state index contributed by atoms with van der Waals surface area (Å²) in [4.78, 5) is 17.7. The molecule has 3 rings (SSSR count). The fourth-order valence-corrected chi connectivity index (χ4v) is 6.49. The van der Waals surface area contributed by atoms with Gasteiger partial charge in [-0.25, -0.2) is 8.42 Å². The number of aryl methyl sites for hydroxylation is 1. The molecule has 0 radical (unpaired) electrons. The van der Waals surface area contributed by atoms with Crippen molar-refractivity contribution in [1.29, 1.82) is 0 Å². The molecule has 2 aromatic carbocycles. The van der Waals surface area contributed by atoms with Crippen LogP contribution in [0.15, 0.2) is 59.5 Å². The van der Waals surface area contributed by atoms with E-state index >= 15 is 0 Å². The standard InChI is InChI=1S/C28H35ClN2O6S2/c1-21-6-10-24(38-21)19-30(16-14-22-7-13-26(36-3)27(18-22)37-4)28(32)20-31(15-5-17-35-2)39(33,34)25-11-8-23(29)9-12-25/h6-13,18H,5,14-17,19-20H2,1-4H3. The summed E-state index contributed by atoms with van der Waals surface area (Å²) in [5.41, 5.74) is 0.971. The van der Waals surface area contributed by atoms with E-state index in [1.54, 1.807) is 37.6 Å². The predicted octanol–water partition coefficient (Wildman–Crippen LogP) is 5.03. The number of carbonyl (C=O) groups is 1. The maximum absolute atomic E-state index is 13.7. The number of halogens is 1. The molecule has 0 aliphatic rings. The van der Waals surface area contributed by atoms with E-state index in [9.17, 15) is 13.2 Å². The van der Waals surface area contributed by atoms with Crippen molar-refractivity contribution >= 4 is 38.9 Å². The maximum atomic E-state index is 13.7. The lowest BCUT2D eigenvalue weighted by Gasteiger charge is -2.27. The van der Waals surface area contributed by atoms with E-state index in [0.29, 0.717) is 49.1 Å². The monoisotopic (exact) mass is 594 g/mol. The summed E-state index contributed by atoms with van der Waals surface area (Å²) in [7, 11) is 0.782. The van der Waals surface area contributed by atoms with Gasteiger partial charge in [0.15, 0.2) is 11.5 Å². The Labute approximate surface area is 240 Å². The number of sulfonamides is 1. The van der Waals surface area contributed by atoms with Gasteiger partial charge in [0.05, 0.1) is 32.2 Å². The maximum Gasteiger partial charge on any atom is 0.243 e. The SMILES string of the molecule is COCCCN(CC(=O)N(CCc1ccc(OC)c(OC)c1)Cc1ccc(C)s1)S(=O)(=O)c1ccc(Cl)cc1. The highest BCUT2D eigenvalue weighted by Crippen LogP contribution is 2.28. The molecule has 0 saturated carbocycles. The third-order valence-electron chi connectivity index (χ3n) is 6.13. The molecule has 0 bridgehead atoms. The zero-order valence-corrected chi connectivity index (χ0v) is 25.1. The van der Waals surface area contributed by atoms with Gasteiger partial charge in [-0.15, -0.1) is 11.3 Å². The molecule has 1 amide bonds. The van der Waals surface area contributed by atoms with Gasteiger partial charge in [0.1, 0.15) is 0 Å². The molecule has 3 aromatic rings. The van der Waals surface area contributed by atoms with Crippen molar-refractivity contribution in [1.82, 2.24) is 9.21 Å². The van der Waals surface area contributed by atoms with Crippen LogP contribution in [0.4, 0.5) is 0 Å². The molecule has 212 valence electrons. The number of ether oxygens (including phenoxy) is 3. The van der Waals surface area contributed by atoms with Crippen molar-refractivity contribution in [3.63, 3.8) is 0 Å². The smallest absolute Gasteiger partial charge is 0.243 e. The molecule has 0 N–H and O–H groups in total. The van der Waals surface area contributed by atoms with E-state index in [0.717, 1.165) is 15.3 Å². The molecule has 0 spiro atoms. The van der Waals surface area contributed by atoms with Gasteiger partial charge in [-0.05, 0) is 73.9 Å². The van der Waals surface area contributed by atoms with Crippen LogP contribution in [-0.4, -0.2) is 71.1 Å². The fraction of sp³-hybridized carbons (Fsp3) is 0.393. The quantitative estimate of drug-likeness (QED) is 0.230. The molecule has 8 nitrogen and oxygen atoms in total. The van der Waals surface area contributed by atoms with Crippen LogP contribution in [0, 0.1) is 6.92 Å². The number of amides is 1. The van der Waals surface area contributed by atoms with Gasteiger partial charge in [0.25, 0.3) is 0 Å². The van der Waals surface area contributed by atoms with E-state index in [2.05, 4.69) is 0 Å². The highest BCUT2D eigenvalue weighted by Gasteiger charge is 2.28. The Bertz CT molecular complexity index is 1330. The van der Waals surface area contributed by atoms with Crippen LogP contribution in [-0.2, 0) is 32.5 Å². The summed E-state index contributed by atoms with van der Waals surface area (Å²) in [6, 6.07) is 15.6. The average Bonchev–Trinajstić information content (AvgIpc) is 3.34. The molecular weight excluding hydrogens is 560 g/mol. The van der Waals surface area contributed by atoms with E-state index in [4.69, 9.17) is 25.8 Å². The van der Waals surface area contributed by atoms with Gasteiger partial charge < -0.3 is 19.1 Å². The predicted molar refractivity (Wildman–Crippen MR) is 154 cm³/mol. The largest absolute Gasteiger partial charge is 0.493 e. The first kappa shape index (κ1) is 30.9. The number of carbonyl (C=O) groups excluding carboxylic acids is 1. The van der Waals surface area contributed by atoms with Crippen LogP contribution in [0.5, 0.6) is 11.5 Å². The molecule has 0 fully saturated rings. The van der Waals surface area contributed by atoms with Gasteiger partial charge in [-0.1, -0.05) is 17.7 Å². The number of rotatable bonds is 15. The second-order valence-corrected chi connectivity index (χ2v) is 12.7. The van der Waals surface area contributed by atoms with Gasteiger partial charge >= 0.3 is 0 Å². The zero-order valence-electron chi connectivity index (χ0n) is 22.7. The number of nitrogens with zero attached hydrogens (tertiary/aromatic N) is 2. The lowest BCUT2D eigenvalue weighted by molar-refractivity contribution is -0.132. The molecule has 0 atom stereocenters. The fourth-order valence-electron chi connectivity index (χ4n) is 4.03. The second kappa shape index (κ2) is 14.7. The topological polar surface area (TPSA) is 85.4 Å². The number of methoxy groups -OCH3 is 3. The Morgan fingerprint density at radius 3 is 2.28 bits per heavy atom. The minimum absolute atomic E-state index is 0.0860. The van der Waals surface area contributed by atoms with Crippen LogP contribution in [0.3, 0.4) is 0 Å². The van der Waals surface area contributed by atoms with Crippen LogP contribution in [0.2, 0.25) is 5.02 Å². The first-order chi connectivity index (χ1) is 18.7. The first-order valence-corrected chi connectivity index (χ1v) is 15.1. The summed E-state index contributed by atoms with van der Waals surface area (Å²) in [5.74, 6) is 0.957. The average molecular weight is 595 g/mol. The van der Waals surface area contributed by atoms with Crippen molar-refractivity contribution in [3.05, 3.63) is 74.9 Å². The zero-order chi connectivity index (χ0) is 28.4. The lowest BCUT2D eigenvalue weighted by atomic mass is 10.1. The molecule has 0 unspecified atom stereocenters. The molecule has 0 aliphatic carbocycles. The number of benzene rings is 2. The minimum atomic E-state index is -3.94. The van der Waals surface area contributed by atoms with Crippen molar-refractivity contribution < 1.29 is 27.4 Å². The van der Waals surface area contributed by atoms with E-state index < -0.39 is 10.0 Å². The van der Waals surface area contributed by atoms with Crippen LogP contribution < -0.4 is 9.47 Å². The van der Waals surface area contributed by atoms with Gasteiger partial charge in [-0.2, -0.15) is 4.31 Å². The minimum Gasteiger partial charge on any atom is -0.493 e. The summed E-state index contributed by atoms with van der Waals surface area (Å²) in [5, 5.41) is 0.434. The van der Waals surface area contributed by atoms with E-state index in [-0.39, 0.29) is 23.9 Å². The molecule has 0 aliphatic heterocycles. The summed E-state index contributed by atoms with van der Waals surface area (Å²) >= 11 is 7.58. The van der Waals surface area contributed by atoms with Gasteiger partial charge in [0.2, 0.25) is 15.9 Å². The number of thiophene rings is 1. The highest BCUT2D eigenvalue weighted by molar-refractivity contribution is 7.89.